The summed E-state index contributed by atoms with van der Waals surface area (Å²) in [5.74, 6) is 0.681. The van der Waals surface area contributed by atoms with Crippen molar-refractivity contribution in [3.63, 3.8) is 0 Å². The number of aryl methyl sites for hydroxylation is 2. The largest absolute Gasteiger partial charge is 0.339 e. The summed E-state index contributed by atoms with van der Waals surface area (Å²) >= 11 is 0. The first-order valence-corrected chi connectivity index (χ1v) is 11.9. The number of rotatable bonds is 7. The third-order valence-corrected chi connectivity index (χ3v) is 6.49. The number of amides is 2. The Balaban J connectivity index is 1.49. The Kier molecular flexibility index (Phi) is 7.01. The quantitative estimate of drug-likeness (QED) is 0.549. The molecule has 2 aromatic heterocycles. The lowest BCUT2D eigenvalue weighted by molar-refractivity contribution is -0.135. The average Bonchev–Trinajstić information content (AvgIpc) is 3.26. The third kappa shape index (κ3) is 4.74. The molecule has 0 unspecified atom stereocenters. The number of fused-ring (bicyclic) bond motifs is 1. The fraction of sp³-hybridized carbons (Fsp3) is 0.480. The SMILES string of the molecule is CCN(CC)C(=O)c1cnc([C@@H]2CCCCN2C(=O)CCn2cnc3ccccc32)nc1C. The molecule has 0 saturated carbocycles. The summed E-state index contributed by atoms with van der Waals surface area (Å²) in [5, 5.41) is 0. The molecule has 3 aromatic rings. The highest BCUT2D eigenvalue weighted by atomic mass is 16.2. The molecule has 3 heterocycles. The van der Waals surface area contributed by atoms with Gasteiger partial charge < -0.3 is 14.4 Å². The van der Waals surface area contributed by atoms with Crippen LogP contribution in [0.15, 0.2) is 36.8 Å². The number of carbonyl (C=O) groups is 2. The maximum absolute atomic E-state index is 13.2. The summed E-state index contributed by atoms with van der Waals surface area (Å²) < 4.78 is 2.03. The van der Waals surface area contributed by atoms with Gasteiger partial charge in [-0.3, -0.25) is 9.59 Å². The summed E-state index contributed by atoms with van der Waals surface area (Å²) in [6.07, 6.45) is 6.67. The van der Waals surface area contributed by atoms with Crippen LogP contribution in [0.4, 0.5) is 0 Å². The zero-order valence-electron chi connectivity index (χ0n) is 19.7. The van der Waals surface area contributed by atoms with Crippen molar-refractivity contribution in [3.05, 3.63) is 53.9 Å². The highest BCUT2D eigenvalue weighted by Gasteiger charge is 2.30. The number of hydrogen-bond donors (Lipinski definition) is 0. The van der Waals surface area contributed by atoms with E-state index in [9.17, 15) is 9.59 Å². The van der Waals surface area contributed by atoms with Crippen molar-refractivity contribution in [2.75, 3.05) is 19.6 Å². The predicted octanol–water partition coefficient (Wildman–Crippen LogP) is 3.76. The monoisotopic (exact) mass is 448 g/mol. The topological polar surface area (TPSA) is 84.2 Å². The Morgan fingerprint density at radius 3 is 2.67 bits per heavy atom. The van der Waals surface area contributed by atoms with Crippen LogP contribution in [0, 0.1) is 6.92 Å². The van der Waals surface area contributed by atoms with Crippen LogP contribution in [0.25, 0.3) is 11.0 Å². The van der Waals surface area contributed by atoms with Crippen molar-refractivity contribution < 1.29 is 9.59 Å². The van der Waals surface area contributed by atoms with Crippen LogP contribution in [0.2, 0.25) is 0 Å². The van der Waals surface area contributed by atoms with Gasteiger partial charge in [-0.2, -0.15) is 0 Å². The standard InChI is InChI=1S/C25H32N6O2/c1-4-29(5-2)25(33)19-16-26-24(28-18(19)3)22-12-8-9-14-31(22)23(32)13-15-30-17-27-20-10-6-7-11-21(20)30/h6-7,10-11,16-17,22H,4-5,8-9,12-15H2,1-3H3/t22-/m0/s1. The Labute approximate surface area is 194 Å². The molecule has 1 saturated heterocycles. The van der Waals surface area contributed by atoms with E-state index in [0.717, 1.165) is 30.3 Å². The van der Waals surface area contributed by atoms with Crippen LogP contribution in [0.3, 0.4) is 0 Å². The first-order chi connectivity index (χ1) is 16.0. The zero-order chi connectivity index (χ0) is 23.4. The molecule has 2 amide bonds. The Hall–Kier alpha value is -3.29. The highest BCUT2D eigenvalue weighted by molar-refractivity contribution is 5.94. The smallest absolute Gasteiger partial charge is 0.257 e. The van der Waals surface area contributed by atoms with Gasteiger partial charge in [-0.05, 0) is 52.2 Å². The molecule has 33 heavy (non-hydrogen) atoms. The van der Waals surface area contributed by atoms with Crippen LogP contribution in [0.5, 0.6) is 0 Å². The number of likely N-dealkylation sites (tertiary alicyclic amines) is 1. The summed E-state index contributed by atoms with van der Waals surface area (Å²) in [5.41, 5.74) is 3.17. The van der Waals surface area contributed by atoms with Gasteiger partial charge in [-0.15, -0.1) is 0 Å². The molecule has 174 valence electrons. The first-order valence-electron chi connectivity index (χ1n) is 11.9. The molecule has 1 aliphatic heterocycles. The van der Waals surface area contributed by atoms with Crippen LogP contribution in [-0.2, 0) is 11.3 Å². The second-order valence-electron chi connectivity index (χ2n) is 8.48. The lowest BCUT2D eigenvalue weighted by Crippen LogP contribution is -2.40. The van der Waals surface area contributed by atoms with E-state index in [1.165, 1.54) is 0 Å². The average molecular weight is 449 g/mol. The predicted molar refractivity (Wildman–Crippen MR) is 127 cm³/mol. The Morgan fingerprint density at radius 2 is 1.91 bits per heavy atom. The van der Waals surface area contributed by atoms with Gasteiger partial charge in [-0.1, -0.05) is 12.1 Å². The van der Waals surface area contributed by atoms with E-state index >= 15 is 0 Å². The number of para-hydroxylation sites is 2. The fourth-order valence-electron chi connectivity index (χ4n) is 4.58. The molecule has 1 aliphatic rings. The minimum Gasteiger partial charge on any atom is -0.339 e. The van der Waals surface area contributed by atoms with Gasteiger partial charge in [0, 0.05) is 38.8 Å². The second-order valence-corrected chi connectivity index (χ2v) is 8.48. The van der Waals surface area contributed by atoms with Crippen molar-refractivity contribution in [2.45, 2.75) is 59.0 Å². The van der Waals surface area contributed by atoms with E-state index in [1.54, 1.807) is 17.4 Å². The fourth-order valence-corrected chi connectivity index (χ4v) is 4.58. The van der Waals surface area contributed by atoms with E-state index in [4.69, 9.17) is 0 Å². The molecule has 0 aliphatic carbocycles. The van der Waals surface area contributed by atoms with Gasteiger partial charge in [-0.25, -0.2) is 15.0 Å². The Morgan fingerprint density at radius 1 is 1.12 bits per heavy atom. The van der Waals surface area contributed by atoms with E-state index in [-0.39, 0.29) is 17.9 Å². The van der Waals surface area contributed by atoms with Crippen molar-refractivity contribution in [2.24, 2.45) is 0 Å². The molecule has 1 aromatic carbocycles. The summed E-state index contributed by atoms with van der Waals surface area (Å²) in [4.78, 5) is 43.3. The molecule has 0 spiro atoms. The number of benzene rings is 1. The molecule has 4 rings (SSSR count). The first kappa shape index (κ1) is 22.9. The van der Waals surface area contributed by atoms with Crippen molar-refractivity contribution >= 4 is 22.8 Å². The molecular weight excluding hydrogens is 416 g/mol. The highest BCUT2D eigenvalue weighted by Crippen LogP contribution is 2.30. The molecule has 8 heteroatoms. The van der Waals surface area contributed by atoms with Gasteiger partial charge in [0.2, 0.25) is 5.91 Å². The molecule has 0 N–H and O–H groups in total. The summed E-state index contributed by atoms with van der Waals surface area (Å²) in [6.45, 7) is 8.35. The molecular formula is C25H32N6O2. The van der Waals surface area contributed by atoms with Crippen LogP contribution < -0.4 is 0 Å². The van der Waals surface area contributed by atoms with E-state index < -0.39 is 0 Å². The zero-order valence-corrected chi connectivity index (χ0v) is 19.7. The number of hydrogen-bond acceptors (Lipinski definition) is 5. The van der Waals surface area contributed by atoms with Gasteiger partial charge >= 0.3 is 0 Å². The van der Waals surface area contributed by atoms with Gasteiger partial charge in [0.15, 0.2) is 5.82 Å². The number of aromatic nitrogens is 4. The van der Waals surface area contributed by atoms with Crippen molar-refractivity contribution in [1.82, 2.24) is 29.3 Å². The maximum atomic E-state index is 13.2. The Bertz CT molecular complexity index is 1140. The van der Waals surface area contributed by atoms with Crippen LogP contribution >= 0.6 is 0 Å². The lowest BCUT2D eigenvalue weighted by Gasteiger charge is -2.35. The molecule has 1 fully saturated rings. The van der Waals surface area contributed by atoms with Crippen LogP contribution in [-0.4, -0.2) is 60.8 Å². The van der Waals surface area contributed by atoms with E-state index in [2.05, 4.69) is 15.0 Å². The van der Waals surface area contributed by atoms with E-state index in [1.807, 2.05) is 54.5 Å². The molecule has 8 nitrogen and oxygen atoms in total. The molecule has 0 bridgehead atoms. The molecule has 0 radical (unpaired) electrons. The van der Waals surface area contributed by atoms with E-state index in [0.29, 0.717) is 49.7 Å². The normalized spacial score (nSPS) is 16.2. The second kappa shape index (κ2) is 10.1. The van der Waals surface area contributed by atoms with Gasteiger partial charge in [0.1, 0.15) is 0 Å². The number of carbonyl (C=O) groups excluding carboxylic acids is 2. The number of nitrogens with zero attached hydrogens (tertiary/aromatic N) is 6. The van der Waals surface area contributed by atoms with Gasteiger partial charge in [0.05, 0.1) is 34.7 Å². The van der Waals surface area contributed by atoms with Crippen LogP contribution in [0.1, 0.15) is 67.4 Å². The third-order valence-electron chi connectivity index (χ3n) is 6.49. The number of piperidine rings is 1. The maximum Gasteiger partial charge on any atom is 0.257 e. The van der Waals surface area contributed by atoms with Crippen molar-refractivity contribution in [1.29, 1.82) is 0 Å². The summed E-state index contributed by atoms with van der Waals surface area (Å²) in [7, 11) is 0. The van der Waals surface area contributed by atoms with Crippen molar-refractivity contribution in [3.8, 4) is 0 Å². The lowest BCUT2D eigenvalue weighted by atomic mass is 10.0. The minimum absolute atomic E-state index is 0.0480. The number of imidazole rings is 1. The van der Waals surface area contributed by atoms with Gasteiger partial charge in [0.25, 0.3) is 5.91 Å². The molecule has 1 atom stereocenters. The minimum atomic E-state index is -0.151. The summed E-state index contributed by atoms with van der Waals surface area (Å²) in [6, 6.07) is 7.79.